The van der Waals surface area contributed by atoms with Crippen LogP contribution in [0.3, 0.4) is 0 Å². The number of furan rings is 1. The van der Waals surface area contributed by atoms with E-state index < -0.39 is 0 Å². The highest BCUT2D eigenvalue weighted by Crippen LogP contribution is 2.34. The molecule has 2 aliphatic heterocycles. The molecule has 0 spiro atoms. The molecule has 0 bridgehead atoms. The van der Waals surface area contributed by atoms with Gasteiger partial charge in [-0.2, -0.15) is 10.2 Å². The number of nitrogens with one attached hydrogen (secondary N) is 1. The van der Waals surface area contributed by atoms with Crippen LogP contribution < -0.4 is 5.32 Å². The van der Waals surface area contributed by atoms with Crippen LogP contribution in [0.5, 0.6) is 0 Å². The molecule has 0 unspecified atom stereocenters. The third-order valence-corrected chi connectivity index (χ3v) is 5.18. The van der Waals surface area contributed by atoms with Gasteiger partial charge in [0.15, 0.2) is 0 Å². The number of hydrogen-bond acceptors (Lipinski definition) is 6. The van der Waals surface area contributed by atoms with E-state index >= 15 is 0 Å². The lowest BCUT2D eigenvalue weighted by Crippen LogP contribution is -2.43. The predicted molar refractivity (Wildman–Crippen MR) is 89.7 cm³/mol. The van der Waals surface area contributed by atoms with Gasteiger partial charge in [0.2, 0.25) is 0 Å². The molecular weight excluding hydrogens is 320 g/mol. The largest absolute Gasteiger partial charge is 0.472 e. The molecular formula is C18H22N4O3. The summed E-state index contributed by atoms with van der Waals surface area (Å²) in [5, 5.41) is 10.4. The standard InChI is InChI=1S/C18H22N4O3/c23-18(14-1-4-20-21-7-14)19-8-17-16-2-5-22(10-15(16)12-25-17)9-13-3-6-24-11-13/h1,3-4,6-7,11,15-17H,2,5,8-10,12H2,(H,19,23)/t15-,16-,17+/m1/s1. The molecule has 1 amide bonds. The van der Waals surface area contributed by atoms with Gasteiger partial charge in [-0.15, -0.1) is 0 Å². The smallest absolute Gasteiger partial charge is 0.253 e. The number of rotatable bonds is 5. The highest BCUT2D eigenvalue weighted by molar-refractivity contribution is 5.93. The maximum absolute atomic E-state index is 12.1. The lowest BCUT2D eigenvalue weighted by atomic mass is 9.84. The van der Waals surface area contributed by atoms with E-state index in [1.165, 1.54) is 18.0 Å². The summed E-state index contributed by atoms with van der Waals surface area (Å²) < 4.78 is 11.1. The molecule has 7 nitrogen and oxygen atoms in total. The van der Waals surface area contributed by atoms with Crippen LogP contribution in [0.15, 0.2) is 41.5 Å². The molecule has 3 atom stereocenters. The van der Waals surface area contributed by atoms with Crippen LogP contribution in [0.2, 0.25) is 0 Å². The van der Waals surface area contributed by atoms with Gasteiger partial charge in [-0.25, -0.2) is 0 Å². The number of fused-ring (bicyclic) bond motifs is 1. The molecule has 2 aromatic rings. The molecule has 2 aromatic heterocycles. The van der Waals surface area contributed by atoms with Crippen LogP contribution in [-0.4, -0.2) is 53.3 Å². The SMILES string of the molecule is O=C(NC[C@@H]1OC[C@H]2CN(Cc3ccoc3)CC[C@H]21)c1ccnnc1. The first kappa shape index (κ1) is 16.2. The Labute approximate surface area is 146 Å². The molecule has 4 heterocycles. The first-order chi connectivity index (χ1) is 12.3. The minimum absolute atomic E-state index is 0.0971. The lowest BCUT2D eigenvalue weighted by Gasteiger charge is -2.35. The Kier molecular flexibility index (Phi) is 4.76. The molecule has 1 N–H and O–H groups in total. The van der Waals surface area contributed by atoms with Crippen LogP contribution in [0.25, 0.3) is 0 Å². The van der Waals surface area contributed by atoms with Crippen molar-refractivity contribution in [3.63, 3.8) is 0 Å². The van der Waals surface area contributed by atoms with Gasteiger partial charge in [-0.3, -0.25) is 9.69 Å². The second kappa shape index (κ2) is 7.33. The monoisotopic (exact) mass is 342 g/mol. The number of likely N-dealkylation sites (tertiary alicyclic amines) is 1. The second-order valence-electron chi connectivity index (χ2n) is 6.79. The topological polar surface area (TPSA) is 80.5 Å². The normalized spacial score (nSPS) is 26.3. The summed E-state index contributed by atoms with van der Waals surface area (Å²) >= 11 is 0. The van der Waals surface area contributed by atoms with Gasteiger partial charge in [0, 0.05) is 31.1 Å². The van der Waals surface area contributed by atoms with Crippen LogP contribution in [0, 0.1) is 11.8 Å². The highest BCUT2D eigenvalue weighted by atomic mass is 16.5. The maximum Gasteiger partial charge on any atom is 0.253 e. The van der Waals surface area contributed by atoms with Crippen molar-refractivity contribution in [2.24, 2.45) is 11.8 Å². The summed E-state index contributed by atoms with van der Waals surface area (Å²) in [6, 6.07) is 3.68. The van der Waals surface area contributed by atoms with Gasteiger partial charge in [0.05, 0.1) is 43.2 Å². The van der Waals surface area contributed by atoms with E-state index in [-0.39, 0.29) is 12.0 Å². The van der Waals surface area contributed by atoms with Crippen molar-refractivity contribution in [1.29, 1.82) is 0 Å². The second-order valence-corrected chi connectivity index (χ2v) is 6.79. The molecule has 2 fully saturated rings. The van der Waals surface area contributed by atoms with Crippen molar-refractivity contribution in [1.82, 2.24) is 20.4 Å². The number of piperidine rings is 1. The molecule has 0 saturated carbocycles. The molecule has 0 aliphatic carbocycles. The zero-order valence-electron chi connectivity index (χ0n) is 14.0. The van der Waals surface area contributed by atoms with Crippen LogP contribution >= 0.6 is 0 Å². The number of amides is 1. The third-order valence-electron chi connectivity index (χ3n) is 5.18. The van der Waals surface area contributed by atoms with E-state index in [0.717, 1.165) is 32.7 Å². The fourth-order valence-corrected chi connectivity index (χ4v) is 3.88. The van der Waals surface area contributed by atoms with E-state index in [4.69, 9.17) is 9.15 Å². The van der Waals surface area contributed by atoms with Gasteiger partial charge in [-0.1, -0.05) is 0 Å². The number of ether oxygens (including phenoxy) is 1. The third kappa shape index (κ3) is 3.72. The Hall–Kier alpha value is -2.25. The maximum atomic E-state index is 12.1. The molecule has 0 aromatic carbocycles. The van der Waals surface area contributed by atoms with E-state index in [1.807, 2.05) is 12.3 Å². The zero-order valence-corrected chi connectivity index (χ0v) is 14.0. The lowest BCUT2D eigenvalue weighted by molar-refractivity contribution is 0.0743. The van der Waals surface area contributed by atoms with Gasteiger partial charge in [-0.05, 0) is 31.0 Å². The fraction of sp³-hybridized carbons (Fsp3) is 0.500. The van der Waals surface area contributed by atoms with Crippen molar-refractivity contribution in [3.8, 4) is 0 Å². The van der Waals surface area contributed by atoms with Crippen molar-refractivity contribution in [2.45, 2.75) is 19.1 Å². The minimum Gasteiger partial charge on any atom is -0.472 e. The molecule has 7 heteroatoms. The molecule has 0 radical (unpaired) electrons. The van der Waals surface area contributed by atoms with Crippen LogP contribution in [0.1, 0.15) is 22.3 Å². The molecule has 4 rings (SSSR count). The van der Waals surface area contributed by atoms with Crippen molar-refractivity contribution >= 4 is 5.91 Å². The first-order valence-electron chi connectivity index (χ1n) is 8.69. The first-order valence-corrected chi connectivity index (χ1v) is 8.69. The summed E-state index contributed by atoms with van der Waals surface area (Å²) in [5.74, 6) is 0.918. The van der Waals surface area contributed by atoms with E-state index in [2.05, 4.69) is 20.4 Å². The molecule has 25 heavy (non-hydrogen) atoms. The predicted octanol–water partition coefficient (Wildman–Crippen LogP) is 1.34. The van der Waals surface area contributed by atoms with E-state index in [0.29, 0.717) is 23.9 Å². The van der Waals surface area contributed by atoms with E-state index in [1.54, 1.807) is 12.3 Å². The number of carbonyl (C=O) groups excluding carboxylic acids is 1. The quantitative estimate of drug-likeness (QED) is 0.883. The Morgan fingerprint density at radius 3 is 3.12 bits per heavy atom. The van der Waals surface area contributed by atoms with Gasteiger partial charge < -0.3 is 14.5 Å². The summed E-state index contributed by atoms with van der Waals surface area (Å²) in [5.41, 5.74) is 1.74. The van der Waals surface area contributed by atoms with E-state index in [9.17, 15) is 4.79 Å². The van der Waals surface area contributed by atoms with Crippen molar-refractivity contribution in [3.05, 3.63) is 48.2 Å². The van der Waals surface area contributed by atoms with Crippen molar-refractivity contribution in [2.75, 3.05) is 26.2 Å². The Balaban J connectivity index is 1.28. The number of nitrogens with zero attached hydrogens (tertiary/aromatic N) is 3. The van der Waals surface area contributed by atoms with Crippen LogP contribution in [-0.2, 0) is 11.3 Å². The Morgan fingerprint density at radius 2 is 2.32 bits per heavy atom. The van der Waals surface area contributed by atoms with Gasteiger partial charge in [0.1, 0.15) is 0 Å². The zero-order chi connectivity index (χ0) is 17.1. The minimum atomic E-state index is -0.126. The van der Waals surface area contributed by atoms with Crippen LogP contribution in [0.4, 0.5) is 0 Å². The highest BCUT2D eigenvalue weighted by Gasteiger charge is 2.40. The van der Waals surface area contributed by atoms with Gasteiger partial charge >= 0.3 is 0 Å². The Morgan fingerprint density at radius 1 is 1.36 bits per heavy atom. The van der Waals surface area contributed by atoms with Gasteiger partial charge in [0.25, 0.3) is 5.91 Å². The molecule has 2 saturated heterocycles. The number of carbonyl (C=O) groups is 1. The Bertz CT molecular complexity index is 692. The summed E-state index contributed by atoms with van der Waals surface area (Å²) in [6.07, 6.45) is 7.72. The number of aromatic nitrogens is 2. The summed E-state index contributed by atoms with van der Waals surface area (Å²) in [7, 11) is 0. The fourth-order valence-electron chi connectivity index (χ4n) is 3.88. The molecule has 2 aliphatic rings. The number of hydrogen-bond donors (Lipinski definition) is 1. The average Bonchev–Trinajstić information content (AvgIpc) is 3.30. The summed E-state index contributed by atoms with van der Waals surface area (Å²) in [6.45, 7) is 4.33. The molecule has 132 valence electrons. The average molecular weight is 342 g/mol. The van der Waals surface area contributed by atoms with Crippen molar-refractivity contribution < 1.29 is 13.9 Å². The summed E-state index contributed by atoms with van der Waals surface area (Å²) in [4.78, 5) is 14.6.